The van der Waals surface area contributed by atoms with Crippen molar-refractivity contribution < 1.29 is 14.8 Å². The summed E-state index contributed by atoms with van der Waals surface area (Å²) in [6.45, 7) is 0. The number of non-ortho nitro benzene ring substituents is 1. The maximum absolute atomic E-state index is 10.7. The fraction of sp³-hybridized carbons (Fsp3) is 0. The van der Waals surface area contributed by atoms with Gasteiger partial charge in [-0.2, -0.15) is 0 Å². The van der Waals surface area contributed by atoms with Crippen LogP contribution in [0.5, 0.6) is 17.2 Å². The van der Waals surface area contributed by atoms with Gasteiger partial charge in [-0.3, -0.25) is 15.1 Å². The van der Waals surface area contributed by atoms with Gasteiger partial charge in [-0.1, -0.05) is 12.1 Å². The van der Waals surface area contributed by atoms with Crippen molar-refractivity contribution in [2.45, 2.75) is 0 Å². The zero-order valence-corrected chi connectivity index (χ0v) is 14.1. The number of aromatic hydroxyl groups is 1. The first-order valence-corrected chi connectivity index (χ1v) is 8.53. The van der Waals surface area contributed by atoms with Gasteiger partial charge in [0.15, 0.2) is 0 Å². The molecule has 7 heteroatoms. The Morgan fingerprint density at radius 3 is 2.58 bits per heavy atom. The Hall–Kier alpha value is -3.45. The van der Waals surface area contributed by atoms with Crippen LogP contribution in [-0.4, -0.2) is 15.0 Å². The van der Waals surface area contributed by atoms with Crippen LogP contribution in [0.15, 0.2) is 66.9 Å². The van der Waals surface area contributed by atoms with Gasteiger partial charge in [-0.05, 0) is 30.3 Å². The molecule has 0 bridgehead atoms. The molecule has 2 aromatic heterocycles. The number of thiophene rings is 1. The molecule has 26 heavy (non-hydrogen) atoms. The van der Waals surface area contributed by atoms with Gasteiger partial charge in [0.2, 0.25) is 0 Å². The lowest BCUT2D eigenvalue weighted by atomic mass is 10.1. The van der Waals surface area contributed by atoms with E-state index < -0.39 is 4.92 Å². The molecule has 4 rings (SSSR count). The third-order valence-corrected chi connectivity index (χ3v) is 4.99. The fourth-order valence-electron chi connectivity index (χ4n) is 2.57. The van der Waals surface area contributed by atoms with Gasteiger partial charge in [-0.15, -0.1) is 11.3 Å². The number of nitrogens with zero attached hydrogens (tertiary/aromatic N) is 2. The zero-order chi connectivity index (χ0) is 18.1. The average Bonchev–Trinajstić information content (AvgIpc) is 3.07. The van der Waals surface area contributed by atoms with E-state index in [-0.39, 0.29) is 11.4 Å². The second kappa shape index (κ2) is 6.45. The molecule has 128 valence electrons. The molecule has 1 N–H and O–H groups in total. The van der Waals surface area contributed by atoms with Gasteiger partial charge >= 0.3 is 0 Å². The van der Waals surface area contributed by atoms with Crippen LogP contribution in [0.2, 0.25) is 0 Å². The van der Waals surface area contributed by atoms with Crippen LogP contribution in [-0.2, 0) is 0 Å². The quantitative estimate of drug-likeness (QED) is 0.389. The Labute approximate surface area is 152 Å². The smallest absolute Gasteiger partial charge is 0.269 e. The number of benzene rings is 2. The van der Waals surface area contributed by atoms with Gasteiger partial charge in [0, 0.05) is 34.8 Å². The number of pyridine rings is 1. The van der Waals surface area contributed by atoms with Crippen LogP contribution in [0.25, 0.3) is 20.7 Å². The highest BCUT2D eigenvalue weighted by Crippen LogP contribution is 2.41. The van der Waals surface area contributed by atoms with E-state index in [4.69, 9.17) is 4.74 Å². The zero-order valence-electron chi connectivity index (χ0n) is 13.3. The molecule has 0 unspecified atom stereocenters. The summed E-state index contributed by atoms with van der Waals surface area (Å²) in [6.07, 6.45) is 1.64. The van der Waals surface area contributed by atoms with Crippen LogP contribution in [0.1, 0.15) is 0 Å². The van der Waals surface area contributed by atoms with Crippen LogP contribution in [0, 0.1) is 10.1 Å². The fourth-order valence-corrected chi connectivity index (χ4v) is 3.67. The maximum atomic E-state index is 10.7. The van der Waals surface area contributed by atoms with E-state index in [9.17, 15) is 15.2 Å². The number of phenolic OH excluding ortho intramolecular Hbond substituents is 1. The predicted octanol–water partition coefficient (Wildman–Crippen LogP) is 5.37. The number of phenols is 1. The number of nitro benzene ring substituents is 1. The van der Waals surface area contributed by atoms with Crippen molar-refractivity contribution in [3.05, 3.63) is 77.0 Å². The van der Waals surface area contributed by atoms with Crippen LogP contribution in [0.3, 0.4) is 0 Å². The van der Waals surface area contributed by atoms with Crippen molar-refractivity contribution >= 4 is 27.2 Å². The minimum Gasteiger partial charge on any atom is -0.507 e. The first-order chi connectivity index (χ1) is 12.6. The van der Waals surface area contributed by atoms with Crippen molar-refractivity contribution in [2.24, 2.45) is 0 Å². The molecule has 0 saturated carbocycles. The summed E-state index contributed by atoms with van der Waals surface area (Å²) in [7, 11) is 0. The second-order valence-corrected chi connectivity index (χ2v) is 6.56. The Morgan fingerprint density at radius 1 is 1.08 bits per heavy atom. The number of para-hydroxylation sites is 1. The van der Waals surface area contributed by atoms with E-state index in [1.807, 2.05) is 18.2 Å². The highest BCUT2D eigenvalue weighted by atomic mass is 32.1. The number of aromatic nitrogens is 1. The summed E-state index contributed by atoms with van der Waals surface area (Å²) in [6, 6.07) is 16.7. The SMILES string of the molecule is O=[N+]([O-])c1ccc(Oc2ccnc3cc(-c4ccccc4O)sc23)cc1. The van der Waals surface area contributed by atoms with Gasteiger partial charge in [0.05, 0.1) is 15.1 Å². The highest BCUT2D eigenvalue weighted by molar-refractivity contribution is 7.22. The Kier molecular flexibility index (Phi) is 3.98. The molecule has 0 spiro atoms. The van der Waals surface area contributed by atoms with Crippen LogP contribution >= 0.6 is 11.3 Å². The van der Waals surface area contributed by atoms with Gasteiger partial charge in [-0.25, -0.2) is 0 Å². The minimum absolute atomic E-state index is 0.00943. The second-order valence-electron chi connectivity index (χ2n) is 5.50. The van der Waals surface area contributed by atoms with Crippen LogP contribution < -0.4 is 4.74 Å². The largest absolute Gasteiger partial charge is 0.507 e. The molecular weight excluding hydrogens is 352 g/mol. The molecule has 0 amide bonds. The standard InChI is InChI=1S/C19H12N2O4S/c22-16-4-2-1-3-14(16)18-11-15-19(26-18)17(9-10-20-15)25-13-7-5-12(6-8-13)21(23)24/h1-11,22H. The number of fused-ring (bicyclic) bond motifs is 1. The summed E-state index contributed by atoms with van der Waals surface area (Å²) in [4.78, 5) is 15.5. The van der Waals surface area contributed by atoms with Gasteiger partial charge in [0.25, 0.3) is 5.69 Å². The van der Waals surface area contributed by atoms with E-state index >= 15 is 0 Å². The van der Waals surface area contributed by atoms with E-state index in [0.29, 0.717) is 11.5 Å². The lowest BCUT2D eigenvalue weighted by Gasteiger charge is -2.06. The van der Waals surface area contributed by atoms with Crippen molar-refractivity contribution in [2.75, 3.05) is 0 Å². The Morgan fingerprint density at radius 2 is 1.85 bits per heavy atom. The Bertz CT molecular complexity index is 1110. The van der Waals surface area contributed by atoms with Crippen LogP contribution in [0.4, 0.5) is 5.69 Å². The highest BCUT2D eigenvalue weighted by Gasteiger charge is 2.13. The molecule has 4 aromatic rings. The molecule has 2 aromatic carbocycles. The van der Waals surface area contributed by atoms with Crippen molar-refractivity contribution in [3.63, 3.8) is 0 Å². The monoisotopic (exact) mass is 364 g/mol. The van der Waals surface area contributed by atoms with E-state index in [0.717, 1.165) is 20.7 Å². The topological polar surface area (TPSA) is 85.5 Å². The van der Waals surface area contributed by atoms with E-state index in [1.165, 1.54) is 23.5 Å². The number of hydrogen-bond acceptors (Lipinski definition) is 6. The van der Waals surface area contributed by atoms with E-state index in [2.05, 4.69) is 4.98 Å². The van der Waals surface area contributed by atoms with Crippen molar-refractivity contribution in [3.8, 4) is 27.7 Å². The molecule has 0 saturated heterocycles. The first kappa shape index (κ1) is 16.0. The number of ether oxygens (including phenoxy) is 1. The van der Waals surface area contributed by atoms with E-state index in [1.54, 1.807) is 36.5 Å². The summed E-state index contributed by atoms with van der Waals surface area (Å²) in [5, 5.41) is 20.8. The molecule has 0 fully saturated rings. The summed E-state index contributed by atoms with van der Waals surface area (Å²) in [5.41, 5.74) is 1.50. The lowest BCUT2D eigenvalue weighted by molar-refractivity contribution is -0.384. The Balaban J connectivity index is 1.72. The minimum atomic E-state index is -0.452. The van der Waals surface area contributed by atoms with Crippen molar-refractivity contribution in [1.29, 1.82) is 0 Å². The first-order valence-electron chi connectivity index (χ1n) is 7.71. The average molecular weight is 364 g/mol. The molecule has 0 aliphatic carbocycles. The molecular formula is C19H12N2O4S. The van der Waals surface area contributed by atoms with Gasteiger partial charge in [0.1, 0.15) is 17.2 Å². The third-order valence-electron chi connectivity index (χ3n) is 3.82. The summed E-state index contributed by atoms with van der Waals surface area (Å²) in [5.74, 6) is 1.31. The third kappa shape index (κ3) is 2.96. The molecule has 0 aliphatic heterocycles. The normalized spacial score (nSPS) is 10.8. The molecule has 0 aliphatic rings. The lowest BCUT2D eigenvalue weighted by Crippen LogP contribution is -1.88. The number of nitro groups is 1. The maximum Gasteiger partial charge on any atom is 0.269 e. The molecule has 0 atom stereocenters. The molecule has 0 radical (unpaired) electrons. The van der Waals surface area contributed by atoms with Gasteiger partial charge < -0.3 is 9.84 Å². The predicted molar refractivity (Wildman–Crippen MR) is 99.9 cm³/mol. The molecule has 2 heterocycles. The summed E-state index contributed by atoms with van der Waals surface area (Å²) >= 11 is 1.46. The number of hydrogen-bond donors (Lipinski definition) is 1. The number of rotatable bonds is 4. The molecule has 6 nitrogen and oxygen atoms in total. The van der Waals surface area contributed by atoms with Crippen molar-refractivity contribution in [1.82, 2.24) is 4.98 Å². The summed E-state index contributed by atoms with van der Waals surface area (Å²) < 4.78 is 6.73.